The average molecular weight is 340 g/mol. The topological polar surface area (TPSA) is 59.0 Å². The Balaban J connectivity index is 1.54. The largest absolute Gasteiger partial charge is 0.343 e. The lowest BCUT2D eigenvalue weighted by atomic mass is 10.1. The van der Waals surface area contributed by atoms with E-state index in [-0.39, 0.29) is 18.5 Å². The summed E-state index contributed by atoms with van der Waals surface area (Å²) >= 11 is 1.65. The summed E-state index contributed by atoms with van der Waals surface area (Å²) in [6, 6.07) is 15.9. The van der Waals surface area contributed by atoms with Crippen LogP contribution in [-0.4, -0.2) is 28.8 Å². The summed E-state index contributed by atoms with van der Waals surface area (Å²) in [6.45, 7) is 1.73. The summed E-state index contributed by atoms with van der Waals surface area (Å²) in [4.78, 5) is 13.4. The van der Waals surface area contributed by atoms with E-state index in [1.165, 1.54) is 0 Å². The van der Waals surface area contributed by atoms with E-state index in [4.69, 9.17) is 0 Å². The molecule has 0 bridgehead atoms. The van der Waals surface area contributed by atoms with E-state index in [1.807, 2.05) is 64.8 Å². The van der Waals surface area contributed by atoms with Gasteiger partial charge in [-0.25, -0.2) is 0 Å². The fourth-order valence-corrected chi connectivity index (χ4v) is 3.26. The maximum atomic E-state index is 12.3. The van der Waals surface area contributed by atoms with Gasteiger partial charge in [0, 0.05) is 23.8 Å². The van der Waals surface area contributed by atoms with Crippen LogP contribution >= 0.6 is 11.3 Å². The Hall–Kier alpha value is -2.44. The highest BCUT2D eigenvalue weighted by atomic mass is 32.1. The summed E-state index contributed by atoms with van der Waals surface area (Å²) in [5, 5.41) is 12.4. The number of carbonyl (C=O) groups is 1. The molecule has 1 atom stereocenters. The number of thiophene rings is 1. The zero-order valence-electron chi connectivity index (χ0n) is 13.3. The highest BCUT2D eigenvalue weighted by Gasteiger charge is 2.17. The van der Waals surface area contributed by atoms with Crippen molar-refractivity contribution in [2.45, 2.75) is 12.6 Å². The van der Waals surface area contributed by atoms with E-state index in [0.29, 0.717) is 6.54 Å². The quantitative estimate of drug-likeness (QED) is 0.619. The first-order chi connectivity index (χ1) is 11.8. The first-order valence-corrected chi connectivity index (χ1v) is 8.77. The van der Waals surface area contributed by atoms with E-state index in [1.54, 1.807) is 17.5 Å². The molecule has 0 fully saturated rings. The lowest BCUT2D eigenvalue weighted by molar-refractivity contribution is -0.120. The molecule has 3 aromatic rings. The molecule has 0 radical (unpaired) electrons. The van der Waals surface area contributed by atoms with Crippen LogP contribution in [0.1, 0.15) is 16.5 Å². The van der Waals surface area contributed by atoms with Crippen molar-refractivity contribution >= 4 is 17.2 Å². The van der Waals surface area contributed by atoms with Crippen LogP contribution in [0.15, 0.2) is 66.3 Å². The van der Waals surface area contributed by atoms with Crippen LogP contribution < -0.4 is 10.6 Å². The molecule has 3 rings (SSSR count). The molecule has 2 N–H and O–H groups in total. The number of nitrogens with one attached hydrogen (secondary N) is 2. The van der Waals surface area contributed by atoms with Gasteiger partial charge in [0.15, 0.2) is 0 Å². The normalized spacial score (nSPS) is 12.0. The third-order valence-electron chi connectivity index (χ3n) is 3.63. The number of benzene rings is 1. The summed E-state index contributed by atoms with van der Waals surface area (Å²) in [5.41, 5.74) is 1.09. The predicted molar refractivity (Wildman–Crippen MR) is 95.8 cm³/mol. The Morgan fingerprint density at radius 3 is 2.75 bits per heavy atom. The molecule has 6 heteroatoms. The van der Waals surface area contributed by atoms with Crippen molar-refractivity contribution in [1.82, 2.24) is 20.4 Å². The molecular weight excluding hydrogens is 320 g/mol. The fourth-order valence-electron chi connectivity index (χ4n) is 2.46. The molecular formula is C18H20N4OS. The van der Waals surface area contributed by atoms with Gasteiger partial charge in [0.25, 0.3) is 0 Å². The highest BCUT2D eigenvalue weighted by molar-refractivity contribution is 7.10. The molecule has 124 valence electrons. The fraction of sp³-hybridized carbons (Fsp3) is 0.222. The van der Waals surface area contributed by atoms with Gasteiger partial charge in [-0.1, -0.05) is 36.4 Å². The van der Waals surface area contributed by atoms with Gasteiger partial charge in [0.1, 0.15) is 0 Å². The smallest absolute Gasteiger partial charge is 0.234 e. The number of amides is 1. The van der Waals surface area contributed by atoms with Gasteiger partial charge in [-0.15, -0.1) is 11.3 Å². The van der Waals surface area contributed by atoms with E-state index in [0.717, 1.165) is 17.0 Å². The van der Waals surface area contributed by atoms with E-state index < -0.39 is 0 Å². The van der Waals surface area contributed by atoms with Gasteiger partial charge in [0.05, 0.1) is 19.1 Å². The van der Waals surface area contributed by atoms with E-state index in [9.17, 15) is 4.79 Å². The van der Waals surface area contributed by atoms with Crippen LogP contribution in [0.4, 0.5) is 0 Å². The SMILES string of the molecule is O=C(CNCCn1cccn1)N[C@@H](c1ccccc1)c1cccs1. The molecule has 0 aliphatic heterocycles. The number of aromatic nitrogens is 2. The standard InChI is InChI=1S/C18H20N4OS/c23-17(14-19-10-12-22-11-5-9-20-22)21-18(16-8-4-13-24-16)15-6-2-1-3-7-15/h1-9,11,13,18-19H,10,12,14H2,(H,21,23)/t18-/m0/s1. The molecule has 0 saturated carbocycles. The van der Waals surface area contributed by atoms with Gasteiger partial charge in [-0.3, -0.25) is 9.48 Å². The molecule has 0 saturated heterocycles. The Labute approximate surface area is 145 Å². The molecule has 0 unspecified atom stereocenters. The third-order valence-corrected chi connectivity index (χ3v) is 4.57. The summed E-state index contributed by atoms with van der Waals surface area (Å²) < 4.78 is 1.84. The zero-order chi connectivity index (χ0) is 16.6. The number of rotatable bonds is 8. The molecule has 24 heavy (non-hydrogen) atoms. The van der Waals surface area contributed by atoms with Crippen molar-refractivity contribution in [3.63, 3.8) is 0 Å². The summed E-state index contributed by atoms with van der Waals surface area (Å²) in [5.74, 6) is -0.0160. The first-order valence-electron chi connectivity index (χ1n) is 7.89. The molecule has 0 aliphatic rings. The molecule has 2 heterocycles. The van der Waals surface area contributed by atoms with Gasteiger partial charge in [0.2, 0.25) is 5.91 Å². The van der Waals surface area contributed by atoms with Crippen molar-refractivity contribution in [3.05, 3.63) is 76.7 Å². The number of hydrogen-bond donors (Lipinski definition) is 2. The average Bonchev–Trinajstić information content (AvgIpc) is 3.31. The zero-order valence-corrected chi connectivity index (χ0v) is 14.1. The molecule has 2 aromatic heterocycles. The van der Waals surface area contributed by atoms with Crippen LogP contribution in [0.25, 0.3) is 0 Å². The molecule has 1 aromatic carbocycles. The second kappa shape index (κ2) is 8.42. The van der Waals surface area contributed by atoms with Gasteiger partial charge >= 0.3 is 0 Å². The number of hydrogen-bond acceptors (Lipinski definition) is 4. The lowest BCUT2D eigenvalue weighted by Crippen LogP contribution is -2.37. The minimum Gasteiger partial charge on any atom is -0.343 e. The molecule has 0 spiro atoms. The monoisotopic (exact) mass is 340 g/mol. The second-order valence-electron chi connectivity index (χ2n) is 5.37. The van der Waals surface area contributed by atoms with Crippen LogP contribution in [0.2, 0.25) is 0 Å². The molecule has 1 amide bonds. The Bertz CT molecular complexity index is 726. The van der Waals surface area contributed by atoms with Crippen molar-refractivity contribution in [2.75, 3.05) is 13.1 Å². The Morgan fingerprint density at radius 2 is 2.04 bits per heavy atom. The number of carbonyl (C=O) groups excluding carboxylic acids is 1. The third kappa shape index (κ3) is 4.53. The molecule has 0 aliphatic carbocycles. The van der Waals surface area contributed by atoms with Crippen LogP contribution in [-0.2, 0) is 11.3 Å². The van der Waals surface area contributed by atoms with Crippen LogP contribution in [0.3, 0.4) is 0 Å². The maximum absolute atomic E-state index is 12.3. The van der Waals surface area contributed by atoms with Crippen molar-refractivity contribution in [1.29, 1.82) is 0 Å². The van der Waals surface area contributed by atoms with Gasteiger partial charge in [-0.05, 0) is 23.1 Å². The van der Waals surface area contributed by atoms with Gasteiger partial charge in [-0.2, -0.15) is 5.10 Å². The Kier molecular flexibility index (Phi) is 5.76. The van der Waals surface area contributed by atoms with E-state index >= 15 is 0 Å². The number of nitrogens with zero attached hydrogens (tertiary/aromatic N) is 2. The lowest BCUT2D eigenvalue weighted by Gasteiger charge is -2.18. The highest BCUT2D eigenvalue weighted by Crippen LogP contribution is 2.25. The minimum absolute atomic E-state index is 0.0160. The van der Waals surface area contributed by atoms with Crippen LogP contribution in [0, 0.1) is 0 Å². The first kappa shape index (κ1) is 16.4. The second-order valence-corrected chi connectivity index (χ2v) is 6.35. The summed E-state index contributed by atoms with van der Waals surface area (Å²) in [7, 11) is 0. The summed E-state index contributed by atoms with van der Waals surface area (Å²) in [6.07, 6.45) is 3.65. The van der Waals surface area contributed by atoms with Crippen molar-refractivity contribution in [2.24, 2.45) is 0 Å². The van der Waals surface area contributed by atoms with Crippen LogP contribution in [0.5, 0.6) is 0 Å². The Morgan fingerprint density at radius 1 is 1.17 bits per heavy atom. The minimum atomic E-state index is -0.105. The van der Waals surface area contributed by atoms with Crippen molar-refractivity contribution in [3.8, 4) is 0 Å². The van der Waals surface area contributed by atoms with E-state index in [2.05, 4.69) is 15.7 Å². The maximum Gasteiger partial charge on any atom is 0.234 e. The molecule has 5 nitrogen and oxygen atoms in total. The van der Waals surface area contributed by atoms with Crippen molar-refractivity contribution < 1.29 is 4.79 Å². The predicted octanol–water partition coefficient (Wildman–Crippen LogP) is 2.44. The van der Waals surface area contributed by atoms with Gasteiger partial charge < -0.3 is 10.6 Å².